The molecule has 0 atom stereocenters. The van der Waals surface area contributed by atoms with Crippen LogP contribution in [0.3, 0.4) is 0 Å². The molecule has 0 spiro atoms. The highest BCUT2D eigenvalue weighted by Gasteiger charge is 2.15. The van der Waals surface area contributed by atoms with E-state index in [1.54, 1.807) is 24.3 Å². The third kappa shape index (κ3) is 5.79. The van der Waals surface area contributed by atoms with Crippen LogP contribution in [-0.4, -0.2) is 27.7 Å². The monoisotopic (exact) mass is 492 g/mol. The molecular formula is C22H18Cl2N2O5S. The largest absolute Gasteiger partial charge is 0.493 e. The van der Waals surface area contributed by atoms with Crippen molar-refractivity contribution in [3.8, 4) is 11.5 Å². The van der Waals surface area contributed by atoms with Crippen LogP contribution in [0.5, 0.6) is 11.5 Å². The molecule has 0 aliphatic heterocycles. The van der Waals surface area contributed by atoms with Gasteiger partial charge in [0.15, 0.2) is 11.5 Å². The van der Waals surface area contributed by atoms with E-state index >= 15 is 0 Å². The van der Waals surface area contributed by atoms with E-state index in [1.807, 2.05) is 6.92 Å². The zero-order chi connectivity index (χ0) is 23.3. The van der Waals surface area contributed by atoms with E-state index in [-0.39, 0.29) is 27.0 Å². The van der Waals surface area contributed by atoms with E-state index in [1.165, 1.54) is 49.7 Å². The number of ether oxygens (including phenoxy) is 2. The quantitative estimate of drug-likeness (QED) is 0.220. The number of halogens is 2. The third-order valence-electron chi connectivity index (χ3n) is 4.26. The van der Waals surface area contributed by atoms with E-state index in [4.69, 9.17) is 32.7 Å². The fraction of sp³-hybridized carbons (Fsp3) is 0.0909. The lowest BCUT2D eigenvalue weighted by Gasteiger charge is -2.10. The van der Waals surface area contributed by atoms with Crippen molar-refractivity contribution < 1.29 is 22.7 Å². The first-order chi connectivity index (χ1) is 15.2. The maximum absolute atomic E-state index is 12.4. The maximum atomic E-state index is 12.4. The summed E-state index contributed by atoms with van der Waals surface area (Å²) in [5.74, 6) is -0.223. The van der Waals surface area contributed by atoms with Gasteiger partial charge in [0.1, 0.15) is 0 Å². The van der Waals surface area contributed by atoms with Crippen molar-refractivity contribution in [3.05, 3.63) is 87.4 Å². The summed E-state index contributed by atoms with van der Waals surface area (Å²) < 4.78 is 35.2. The lowest BCUT2D eigenvalue weighted by atomic mass is 10.2. The number of esters is 1. The Labute approximate surface area is 195 Å². The topological polar surface area (TPSA) is 94.1 Å². The van der Waals surface area contributed by atoms with E-state index in [0.29, 0.717) is 10.6 Å². The average molecular weight is 493 g/mol. The smallest absolute Gasteiger partial charge is 0.343 e. The summed E-state index contributed by atoms with van der Waals surface area (Å²) in [6.45, 7) is 1.86. The number of carbonyl (C=O) groups is 1. The van der Waals surface area contributed by atoms with Crippen molar-refractivity contribution >= 4 is 45.4 Å². The van der Waals surface area contributed by atoms with Gasteiger partial charge in [0, 0.05) is 0 Å². The van der Waals surface area contributed by atoms with Gasteiger partial charge in [-0.1, -0.05) is 40.9 Å². The van der Waals surface area contributed by atoms with Gasteiger partial charge in [0.05, 0.1) is 33.8 Å². The van der Waals surface area contributed by atoms with E-state index in [9.17, 15) is 13.2 Å². The number of hydrazone groups is 1. The first-order valence-corrected chi connectivity index (χ1v) is 11.4. The highest BCUT2D eigenvalue weighted by atomic mass is 35.5. The SMILES string of the molecule is COc1cc(/C=N\NS(=O)(=O)c2ccc(C)cc2)ccc1OC(=O)c1ccc(Cl)c(Cl)c1. The highest BCUT2D eigenvalue weighted by Crippen LogP contribution is 2.29. The Morgan fingerprint density at radius 1 is 0.969 bits per heavy atom. The van der Waals surface area contributed by atoms with E-state index in [0.717, 1.165) is 5.56 Å². The molecule has 0 saturated heterocycles. The molecule has 0 bridgehead atoms. The van der Waals surface area contributed by atoms with Crippen LogP contribution in [0, 0.1) is 6.92 Å². The molecule has 3 rings (SSSR count). The molecule has 32 heavy (non-hydrogen) atoms. The third-order valence-corrected chi connectivity index (χ3v) is 6.24. The van der Waals surface area contributed by atoms with Gasteiger partial charge in [-0.2, -0.15) is 13.5 Å². The summed E-state index contributed by atoms with van der Waals surface area (Å²) in [6.07, 6.45) is 1.30. The van der Waals surface area contributed by atoms with E-state index < -0.39 is 16.0 Å². The molecule has 0 aromatic heterocycles. The van der Waals surface area contributed by atoms with Gasteiger partial charge >= 0.3 is 5.97 Å². The Morgan fingerprint density at radius 2 is 1.69 bits per heavy atom. The molecule has 0 saturated carbocycles. The summed E-state index contributed by atoms with van der Waals surface area (Å²) >= 11 is 11.8. The van der Waals surface area contributed by atoms with Crippen molar-refractivity contribution in [2.75, 3.05) is 7.11 Å². The Morgan fingerprint density at radius 3 is 2.34 bits per heavy atom. The first-order valence-electron chi connectivity index (χ1n) is 9.16. The molecule has 10 heteroatoms. The summed E-state index contributed by atoms with van der Waals surface area (Å²) in [5.41, 5.74) is 1.68. The van der Waals surface area contributed by atoms with Crippen molar-refractivity contribution in [1.29, 1.82) is 0 Å². The molecule has 166 valence electrons. The Kier molecular flexibility index (Phi) is 7.40. The number of hydrogen-bond donors (Lipinski definition) is 1. The van der Waals surface area contributed by atoms with Gasteiger partial charge < -0.3 is 9.47 Å². The molecule has 0 heterocycles. The number of carbonyl (C=O) groups excluding carboxylic acids is 1. The van der Waals surface area contributed by atoms with Crippen LogP contribution in [0.4, 0.5) is 0 Å². The first kappa shape index (κ1) is 23.6. The summed E-state index contributed by atoms with van der Waals surface area (Å²) in [6, 6.07) is 15.4. The minimum Gasteiger partial charge on any atom is -0.493 e. The number of benzene rings is 3. The number of hydrogen-bond acceptors (Lipinski definition) is 6. The number of aryl methyl sites for hydroxylation is 1. The molecule has 7 nitrogen and oxygen atoms in total. The normalized spacial score (nSPS) is 11.4. The molecule has 0 radical (unpaired) electrons. The summed E-state index contributed by atoms with van der Waals surface area (Å²) in [4.78, 5) is 14.6. The Bertz CT molecular complexity index is 1280. The zero-order valence-corrected chi connectivity index (χ0v) is 19.3. The van der Waals surface area contributed by atoms with Crippen molar-refractivity contribution in [2.24, 2.45) is 5.10 Å². The summed E-state index contributed by atoms with van der Waals surface area (Å²) in [7, 11) is -2.38. The van der Waals surface area contributed by atoms with Gasteiger partial charge in [-0.3, -0.25) is 0 Å². The molecule has 0 unspecified atom stereocenters. The lowest BCUT2D eigenvalue weighted by molar-refractivity contribution is 0.0729. The zero-order valence-electron chi connectivity index (χ0n) is 17.0. The van der Waals surface area contributed by atoms with Gasteiger partial charge in [-0.05, 0) is 61.0 Å². The Balaban J connectivity index is 1.72. The predicted molar refractivity (Wildman–Crippen MR) is 124 cm³/mol. The maximum Gasteiger partial charge on any atom is 0.343 e. The molecule has 0 aliphatic carbocycles. The van der Waals surface area contributed by atoms with Crippen LogP contribution in [0.25, 0.3) is 0 Å². The fourth-order valence-electron chi connectivity index (χ4n) is 2.57. The minimum atomic E-state index is -3.79. The van der Waals surface area contributed by atoms with Crippen molar-refractivity contribution in [2.45, 2.75) is 11.8 Å². The minimum absolute atomic E-state index is 0.0994. The van der Waals surface area contributed by atoms with Crippen molar-refractivity contribution in [3.63, 3.8) is 0 Å². The summed E-state index contributed by atoms with van der Waals surface area (Å²) in [5, 5.41) is 4.34. The molecule has 3 aromatic rings. The number of methoxy groups -OCH3 is 1. The Hall–Kier alpha value is -3.07. The van der Waals surface area contributed by atoms with Crippen molar-refractivity contribution in [1.82, 2.24) is 4.83 Å². The van der Waals surface area contributed by atoms with Crippen LogP contribution >= 0.6 is 23.2 Å². The molecule has 0 fully saturated rings. The number of rotatable bonds is 7. The molecule has 0 amide bonds. The van der Waals surface area contributed by atoms with Gasteiger partial charge in [-0.15, -0.1) is 0 Å². The van der Waals surface area contributed by atoms with Crippen LogP contribution < -0.4 is 14.3 Å². The predicted octanol–water partition coefficient (Wildman–Crippen LogP) is 4.84. The van der Waals surface area contributed by atoms with Crippen LogP contribution in [-0.2, 0) is 10.0 Å². The van der Waals surface area contributed by atoms with Crippen LogP contribution in [0.15, 0.2) is 70.7 Å². The number of sulfonamides is 1. The number of nitrogens with zero attached hydrogens (tertiary/aromatic N) is 1. The second-order valence-corrected chi connectivity index (χ2v) is 9.07. The average Bonchev–Trinajstić information content (AvgIpc) is 2.76. The van der Waals surface area contributed by atoms with Gasteiger partial charge in [-0.25, -0.2) is 9.63 Å². The highest BCUT2D eigenvalue weighted by molar-refractivity contribution is 7.89. The number of nitrogens with one attached hydrogen (secondary N) is 1. The molecular weight excluding hydrogens is 475 g/mol. The van der Waals surface area contributed by atoms with Crippen LogP contribution in [0.2, 0.25) is 10.0 Å². The van der Waals surface area contributed by atoms with Gasteiger partial charge in [0.25, 0.3) is 10.0 Å². The second-order valence-electron chi connectivity index (χ2n) is 6.59. The van der Waals surface area contributed by atoms with Gasteiger partial charge in [0.2, 0.25) is 0 Å². The second kappa shape index (κ2) is 10.0. The standard InChI is InChI=1S/C22H18Cl2N2O5S/c1-14-3-7-17(8-4-14)32(28,29)26-25-13-15-5-10-20(21(11-15)30-2)31-22(27)16-6-9-18(23)19(24)12-16/h3-13,26H,1-2H3/b25-13-. The van der Waals surface area contributed by atoms with E-state index in [2.05, 4.69) is 9.93 Å². The lowest BCUT2D eigenvalue weighted by Crippen LogP contribution is -2.18. The fourth-order valence-corrected chi connectivity index (χ4v) is 3.66. The molecule has 3 aromatic carbocycles. The van der Waals surface area contributed by atoms with Crippen LogP contribution in [0.1, 0.15) is 21.5 Å². The molecule has 0 aliphatic rings. The molecule has 1 N–H and O–H groups in total.